The second-order valence-corrected chi connectivity index (χ2v) is 10.3. The Hall–Kier alpha value is -2.50. The first-order valence-corrected chi connectivity index (χ1v) is 12.4. The summed E-state index contributed by atoms with van der Waals surface area (Å²) in [6, 6.07) is 5.64. The van der Waals surface area contributed by atoms with Crippen LogP contribution in [0.5, 0.6) is 0 Å². The van der Waals surface area contributed by atoms with Gasteiger partial charge < -0.3 is 15.7 Å². The molecule has 0 saturated heterocycles. The maximum atomic E-state index is 11.9. The Bertz CT molecular complexity index is 1020. The largest absolute Gasteiger partial charge is 0.373 e. The fraction of sp³-hybridized carbons (Fsp3) is 0.524. The lowest BCUT2D eigenvalue weighted by Crippen LogP contribution is -2.21. The van der Waals surface area contributed by atoms with E-state index in [0.29, 0.717) is 28.5 Å². The number of hydrogen-bond donors (Lipinski definition) is 3. The van der Waals surface area contributed by atoms with Gasteiger partial charge in [0.2, 0.25) is 16.2 Å². The van der Waals surface area contributed by atoms with E-state index in [9.17, 15) is 9.90 Å². The average Bonchev–Trinajstić information content (AvgIpc) is 3.44. The number of amides is 1. The van der Waals surface area contributed by atoms with Crippen molar-refractivity contribution in [2.24, 2.45) is 5.92 Å². The summed E-state index contributed by atoms with van der Waals surface area (Å²) in [4.78, 5) is 16.1. The molecule has 3 heterocycles. The second kappa shape index (κ2) is 10.4. The van der Waals surface area contributed by atoms with Crippen molar-refractivity contribution >= 4 is 38.8 Å². The molecule has 1 aliphatic carbocycles. The lowest BCUT2D eigenvalue weighted by molar-refractivity contribution is -0.118. The number of hydrogen-bond acceptors (Lipinski definition) is 10. The zero-order valence-electron chi connectivity index (χ0n) is 18.1. The molecule has 0 bridgehead atoms. The predicted molar refractivity (Wildman–Crippen MR) is 125 cm³/mol. The Kier molecular flexibility index (Phi) is 7.38. The van der Waals surface area contributed by atoms with Gasteiger partial charge in [-0.3, -0.25) is 9.78 Å². The number of pyridine rings is 1. The van der Waals surface area contributed by atoms with Crippen molar-refractivity contribution in [2.75, 3.05) is 10.6 Å². The summed E-state index contributed by atoms with van der Waals surface area (Å²) < 4.78 is 0. The summed E-state index contributed by atoms with van der Waals surface area (Å²) in [5.74, 6) is 0.599. The smallest absolute Gasteiger partial charge is 0.228 e. The summed E-state index contributed by atoms with van der Waals surface area (Å²) in [7, 11) is 0. The van der Waals surface area contributed by atoms with Crippen LogP contribution in [0.25, 0.3) is 0 Å². The van der Waals surface area contributed by atoms with Crippen LogP contribution in [0.4, 0.5) is 10.3 Å². The van der Waals surface area contributed by atoms with Crippen LogP contribution >= 0.6 is 22.7 Å². The van der Waals surface area contributed by atoms with Crippen LogP contribution in [-0.2, 0) is 11.2 Å². The third-order valence-electron chi connectivity index (χ3n) is 5.48. The molecule has 3 aromatic rings. The molecule has 1 atom stereocenters. The first-order chi connectivity index (χ1) is 15.5. The molecule has 1 aliphatic rings. The van der Waals surface area contributed by atoms with Crippen LogP contribution in [0.15, 0.2) is 24.4 Å². The number of aliphatic hydroxyl groups excluding tert-OH is 1. The monoisotopic (exact) mass is 473 g/mol. The minimum absolute atomic E-state index is 0.0396. The van der Waals surface area contributed by atoms with Crippen LogP contribution in [-0.4, -0.2) is 42.6 Å². The number of aromatic nitrogens is 5. The van der Waals surface area contributed by atoms with E-state index in [2.05, 4.69) is 36.0 Å². The van der Waals surface area contributed by atoms with Crippen LogP contribution in [0.1, 0.15) is 67.1 Å². The summed E-state index contributed by atoms with van der Waals surface area (Å²) >= 11 is 2.97. The summed E-state index contributed by atoms with van der Waals surface area (Å²) in [6.07, 6.45) is 5.37. The minimum Gasteiger partial charge on any atom is -0.373 e. The van der Waals surface area contributed by atoms with E-state index in [0.717, 1.165) is 41.4 Å². The maximum absolute atomic E-state index is 11.9. The summed E-state index contributed by atoms with van der Waals surface area (Å²) in [5, 5.41) is 36.3. The maximum Gasteiger partial charge on any atom is 0.228 e. The standard InChI is InChI=1S/C21H27N7O2S2/c1-12(2)17(30)24-21-28-26-19(32-21)14-8-6-13(7-9-14)18-25-27-20(31-18)23-16(29)11-15-5-3-4-10-22-15/h3-5,10,12-14,16,29H,6-9,11H2,1-2H3,(H,23,27)(H,24,28,30). The van der Waals surface area contributed by atoms with Crippen LogP contribution in [0.2, 0.25) is 0 Å². The van der Waals surface area contributed by atoms with Crippen molar-refractivity contribution in [3.05, 3.63) is 40.1 Å². The highest BCUT2D eigenvalue weighted by atomic mass is 32.1. The third kappa shape index (κ3) is 5.84. The highest BCUT2D eigenvalue weighted by Gasteiger charge is 2.28. The fourth-order valence-corrected chi connectivity index (χ4v) is 5.53. The van der Waals surface area contributed by atoms with Gasteiger partial charge in [0.05, 0.1) is 0 Å². The van der Waals surface area contributed by atoms with Gasteiger partial charge in [-0.15, -0.1) is 20.4 Å². The second-order valence-electron chi connectivity index (χ2n) is 8.27. The molecule has 32 heavy (non-hydrogen) atoms. The van der Waals surface area contributed by atoms with E-state index in [4.69, 9.17) is 0 Å². The van der Waals surface area contributed by atoms with E-state index < -0.39 is 6.23 Å². The molecular weight excluding hydrogens is 446 g/mol. The number of aliphatic hydroxyl groups is 1. The van der Waals surface area contributed by atoms with E-state index in [1.807, 2.05) is 32.0 Å². The van der Waals surface area contributed by atoms with E-state index in [1.54, 1.807) is 6.20 Å². The molecule has 4 rings (SSSR count). The number of nitrogens with one attached hydrogen (secondary N) is 2. The summed E-state index contributed by atoms with van der Waals surface area (Å²) in [5.41, 5.74) is 0.819. The van der Waals surface area contributed by atoms with Gasteiger partial charge in [-0.05, 0) is 37.8 Å². The van der Waals surface area contributed by atoms with Gasteiger partial charge >= 0.3 is 0 Å². The Morgan fingerprint density at radius 1 is 1.03 bits per heavy atom. The lowest BCUT2D eigenvalue weighted by atomic mass is 9.83. The quantitative estimate of drug-likeness (QED) is 0.422. The Morgan fingerprint density at radius 2 is 1.66 bits per heavy atom. The Morgan fingerprint density at radius 3 is 2.25 bits per heavy atom. The number of anilines is 2. The first-order valence-electron chi connectivity index (χ1n) is 10.8. The molecule has 1 fully saturated rings. The third-order valence-corrected chi connectivity index (χ3v) is 7.50. The van der Waals surface area contributed by atoms with Crippen LogP contribution < -0.4 is 10.6 Å². The van der Waals surface area contributed by atoms with Crippen LogP contribution in [0, 0.1) is 5.92 Å². The van der Waals surface area contributed by atoms with Crippen LogP contribution in [0.3, 0.4) is 0 Å². The molecule has 0 radical (unpaired) electrons. The number of carbonyl (C=O) groups is 1. The highest BCUT2D eigenvalue weighted by Crippen LogP contribution is 2.42. The first kappa shape index (κ1) is 22.7. The topological polar surface area (TPSA) is 126 Å². The molecule has 3 aromatic heterocycles. The average molecular weight is 474 g/mol. The Labute approximate surface area is 194 Å². The molecule has 0 aliphatic heterocycles. The van der Waals surface area contributed by atoms with Gasteiger partial charge in [-0.1, -0.05) is 42.6 Å². The molecule has 0 spiro atoms. The molecule has 9 nitrogen and oxygen atoms in total. The number of carbonyl (C=O) groups excluding carboxylic acids is 1. The molecular formula is C21H27N7O2S2. The Balaban J connectivity index is 1.27. The lowest BCUT2D eigenvalue weighted by Gasteiger charge is -2.25. The molecule has 1 amide bonds. The van der Waals surface area contributed by atoms with Crippen molar-refractivity contribution in [1.82, 2.24) is 25.4 Å². The van der Waals surface area contributed by atoms with Crippen molar-refractivity contribution in [1.29, 1.82) is 0 Å². The van der Waals surface area contributed by atoms with Gasteiger partial charge in [0.1, 0.15) is 16.2 Å². The number of nitrogens with zero attached hydrogens (tertiary/aromatic N) is 5. The minimum atomic E-state index is -0.760. The highest BCUT2D eigenvalue weighted by molar-refractivity contribution is 7.15. The van der Waals surface area contributed by atoms with Gasteiger partial charge in [0, 0.05) is 36.1 Å². The van der Waals surface area contributed by atoms with E-state index >= 15 is 0 Å². The molecule has 11 heteroatoms. The molecule has 0 aromatic carbocycles. The van der Waals surface area contributed by atoms with Crippen molar-refractivity contribution in [3.63, 3.8) is 0 Å². The SMILES string of the molecule is CC(C)C(=O)Nc1nnc(C2CCC(c3nnc(NC(O)Cc4ccccn4)s3)CC2)s1. The normalized spacial score (nSPS) is 19.6. The van der Waals surface area contributed by atoms with E-state index in [-0.39, 0.29) is 11.8 Å². The predicted octanol–water partition coefficient (Wildman–Crippen LogP) is 3.79. The van der Waals surface area contributed by atoms with Gasteiger partial charge in [-0.2, -0.15) is 0 Å². The van der Waals surface area contributed by atoms with Crippen molar-refractivity contribution in [2.45, 2.75) is 64.0 Å². The molecule has 1 saturated carbocycles. The fourth-order valence-electron chi connectivity index (χ4n) is 3.66. The van der Waals surface area contributed by atoms with Crippen molar-refractivity contribution in [3.8, 4) is 0 Å². The van der Waals surface area contributed by atoms with Gasteiger partial charge in [0.25, 0.3) is 0 Å². The van der Waals surface area contributed by atoms with Gasteiger partial charge in [0.15, 0.2) is 0 Å². The van der Waals surface area contributed by atoms with Crippen molar-refractivity contribution < 1.29 is 9.90 Å². The number of rotatable bonds is 8. The molecule has 3 N–H and O–H groups in total. The molecule has 1 unspecified atom stereocenters. The molecule has 170 valence electrons. The zero-order valence-corrected chi connectivity index (χ0v) is 19.7. The van der Waals surface area contributed by atoms with Gasteiger partial charge in [-0.25, -0.2) is 0 Å². The summed E-state index contributed by atoms with van der Waals surface area (Å²) in [6.45, 7) is 3.71. The zero-order chi connectivity index (χ0) is 22.5. The van der Waals surface area contributed by atoms with E-state index in [1.165, 1.54) is 22.7 Å².